The summed E-state index contributed by atoms with van der Waals surface area (Å²) in [5.74, 6) is -2.85. The molecule has 0 aromatic carbocycles. The van der Waals surface area contributed by atoms with Crippen LogP contribution in [0.1, 0.15) is 40.0 Å². The van der Waals surface area contributed by atoms with Crippen LogP contribution in [-0.4, -0.2) is 59.5 Å². The topological polar surface area (TPSA) is 177 Å². The molecule has 0 fully saturated rings. The molecule has 10 nitrogen and oxygen atoms in total. The van der Waals surface area contributed by atoms with Gasteiger partial charge >= 0.3 is 5.97 Å². The normalized spacial score (nSPS) is 15.4. The maximum atomic E-state index is 12.2. The average molecular weight is 359 g/mol. The number of carbonyl (C=O) groups is 4. The second-order valence-corrected chi connectivity index (χ2v) is 5.93. The quantitative estimate of drug-likeness (QED) is 0.232. The number of nitrogens with two attached hydrogens (primary N) is 2. The summed E-state index contributed by atoms with van der Waals surface area (Å²) in [6.07, 6.45) is 1.54. The smallest absolute Gasteiger partial charge is 0.325 e. The van der Waals surface area contributed by atoms with Crippen LogP contribution in [0.15, 0.2) is 0 Å². The van der Waals surface area contributed by atoms with Crippen molar-refractivity contribution in [3.8, 4) is 0 Å². The molecule has 4 unspecified atom stereocenters. The summed E-state index contributed by atoms with van der Waals surface area (Å²) in [5.41, 5.74) is 10.8. The zero-order chi connectivity index (χ0) is 19.6. The molecule has 8 N–H and O–H groups in total. The maximum absolute atomic E-state index is 12.2. The third kappa shape index (κ3) is 9.01. The Morgan fingerprint density at radius 2 is 1.44 bits per heavy atom. The fourth-order valence-corrected chi connectivity index (χ4v) is 1.84. The summed E-state index contributed by atoms with van der Waals surface area (Å²) in [4.78, 5) is 46.8. The number of carbonyl (C=O) groups excluding carboxylic acids is 3. The van der Waals surface area contributed by atoms with Crippen LogP contribution in [0.2, 0.25) is 0 Å². The number of rotatable bonds is 11. The minimum atomic E-state index is -1.18. The summed E-state index contributed by atoms with van der Waals surface area (Å²) in [5, 5.41) is 16.1. The van der Waals surface area contributed by atoms with E-state index in [-0.39, 0.29) is 0 Å². The summed E-state index contributed by atoms with van der Waals surface area (Å²) in [6, 6.07) is -3.66. The molecule has 4 atom stereocenters. The standard InChI is InChI=1S/C15H29N5O5/c1-8(17)12(21)18-9(2)13(22)20-11(6-4-5-7-16)14(23)19-10(3)15(24)25/h8-11H,4-7,16-17H2,1-3H3,(H,18,21)(H,19,23)(H,20,22)(H,24,25). The first kappa shape index (κ1) is 22.8. The second kappa shape index (κ2) is 11.4. The Bertz CT molecular complexity index is 483. The SMILES string of the molecule is CC(N)C(=O)NC(C)C(=O)NC(CCCCN)C(=O)NC(C)C(=O)O. The Morgan fingerprint density at radius 1 is 0.880 bits per heavy atom. The molecular weight excluding hydrogens is 330 g/mol. The number of hydrogen-bond acceptors (Lipinski definition) is 6. The van der Waals surface area contributed by atoms with E-state index in [1.807, 2.05) is 0 Å². The van der Waals surface area contributed by atoms with E-state index in [9.17, 15) is 19.2 Å². The number of carboxylic acids is 1. The van der Waals surface area contributed by atoms with Crippen molar-refractivity contribution in [3.05, 3.63) is 0 Å². The number of amides is 3. The Balaban J connectivity index is 4.85. The van der Waals surface area contributed by atoms with Crippen molar-refractivity contribution in [2.45, 2.75) is 64.2 Å². The maximum Gasteiger partial charge on any atom is 0.325 e. The lowest BCUT2D eigenvalue weighted by Gasteiger charge is -2.22. The van der Waals surface area contributed by atoms with Crippen LogP contribution in [0.4, 0.5) is 0 Å². The van der Waals surface area contributed by atoms with Gasteiger partial charge in [-0.15, -0.1) is 0 Å². The van der Waals surface area contributed by atoms with Crippen molar-refractivity contribution in [1.82, 2.24) is 16.0 Å². The summed E-state index contributed by atoms with van der Waals surface area (Å²) >= 11 is 0. The summed E-state index contributed by atoms with van der Waals surface area (Å²) in [6.45, 7) is 4.71. The number of hydrogen-bond donors (Lipinski definition) is 6. The van der Waals surface area contributed by atoms with Gasteiger partial charge in [0.2, 0.25) is 17.7 Å². The molecule has 0 saturated heterocycles. The fraction of sp³-hybridized carbons (Fsp3) is 0.733. The molecule has 0 rings (SSSR count). The van der Waals surface area contributed by atoms with Crippen LogP contribution >= 0.6 is 0 Å². The van der Waals surface area contributed by atoms with Crippen LogP contribution in [0, 0.1) is 0 Å². The molecule has 3 amide bonds. The highest BCUT2D eigenvalue weighted by atomic mass is 16.4. The van der Waals surface area contributed by atoms with Crippen molar-refractivity contribution in [2.24, 2.45) is 11.5 Å². The molecule has 0 aromatic rings. The predicted octanol–water partition coefficient (Wildman–Crippen LogP) is -1.96. The van der Waals surface area contributed by atoms with Gasteiger partial charge < -0.3 is 32.5 Å². The molecular formula is C15H29N5O5. The molecule has 10 heteroatoms. The largest absolute Gasteiger partial charge is 0.480 e. The Morgan fingerprint density at radius 3 is 1.92 bits per heavy atom. The van der Waals surface area contributed by atoms with Gasteiger partial charge in [-0.05, 0) is 46.6 Å². The molecule has 0 aliphatic carbocycles. The van der Waals surface area contributed by atoms with Gasteiger partial charge in [0.1, 0.15) is 18.1 Å². The Labute approximate surface area is 147 Å². The number of unbranched alkanes of at least 4 members (excludes halogenated alkanes) is 1. The minimum absolute atomic E-state index is 0.301. The highest BCUT2D eigenvalue weighted by Gasteiger charge is 2.26. The van der Waals surface area contributed by atoms with Crippen LogP contribution in [0.25, 0.3) is 0 Å². The van der Waals surface area contributed by atoms with E-state index < -0.39 is 47.9 Å². The van der Waals surface area contributed by atoms with E-state index in [1.54, 1.807) is 0 Å². The van der Waals surface area contributed by atoms with Gasteiger partial charge in [0.05, 0.1) is 6.04 Å². The number of carboxylic acid groups (broad SMARTS) is 1. The number of aliphatic carboxylic acids is 1. The van der Waals surface area contributed by atoms with E-state index in [4.69, 9.17) is 16.6 Å². The van der Waals surface area contributed by atoms with Gasteiger partial charge in [-0.3, -0.25) is 19.2 Å². The highest BCUT2D eigenvalue weighted by Crippen LogP contribution is 2.02. The summed E-state index contributed by atoms with van der Waals surface area (Å²) < 4.78 is 0. The molecule has 0 aliphatic heterocycles. The highest BCUT2D eigenvalue weighted by molar-refractivity contribution is 5.93. The lowest BCUT2D eigenvalue weighted by Crippen LogP contribution is -2.55. The molecule has 0 bridgehead atoms. The fourth-order valence-electron chi connectivity index (χ4n) is 1.84. The molecule has 0 spiro atoms. The van der Waals surface area contributed by atoms with Crippen molar-refractivity contribution in [3.63, 3.8) is 0 Å². The number of nitrogens with one attached hydrogen (secondary N) is 3. The van der Waals surface area contributed by atoms with Crippen molar-refractivity contribution >= 4 is 23.7 Å². The first-order valence-electron chi connectivity index (χ1n) is 8.19. The van der Waals surface area contributed by atoms with Gasteiger partial charge in [0, 0.05) is 0 Å². The van der Waals surface area contributed by atoms with Crippen molar-refractivity contribution < 1.29 is 24.3 Å². The third-order valence-electron chi connectivity index (χ3n) is 3.47. The van der Waals surface area contributed by atoms with Crippen LogP contribution in [0.5, 0.6) is 0 Å². The van der Waals surface area contributed by atoms with E-state index in [0.717, 1.165) is 0 Å². The summed E-state index contributed by atoms with van der Waals surface area (Å²) in [7, 11) is 0. The zero-order valence-electron chi connectivity index (χ0n) is 14.9. The van der Waals surface area contributed by atoms with Gasteiger partial charge in [-0.2, -0.15) is 0 Å². The Hall–Kier alpha value is -2.20. The van der Waals surface area contributed by atoms with Crippen LogP contribution in [-0.2, 0) is 19.2 Å². The second-order valence-electron chi connectivity index (χ2n) is 5.93. The molecule has 25 heavy (non-hydrogen) atoms. The van der Waals surface area contributed by atoms with Crippen molar-refractivity contribution in [1.29, 1.82) is 0 Å². The van der Waals surface area contributed by atoms with E-state index in [0.29, 0.717) is 25.8 Å². The van der Waals surface area contributed by atoms with Gasteiger partial charge in [-0.25, -0.2) is 0 Å². The molecule has 0 saturated carbocycles. The van der Waals surface area contributed by atoms with E-state index in [1.165, 1.54) is 20.8 Å². The predicted molar refractivity (Wildman–Crippen MR) is 91.3 cm³/mol. The van der Waals surface area contributed by atoms with Gasteiger partial charge in [0.15, 0.2) is 0 Å². The molecule has 0 aliphatic rings. The first-order chi connectivity index (χ1) is 11.6. The minimum Gasteiger partial charge on any atom is -0.480 e. The zero-order valence-corrected chi connectivity index (χ0v) is 14.9. The van der Waals surface area contributed by atoms with Gasteiger partial charge in [-0.1, -0.05) is 0 Å². The van der Waals surface area contributed by atoms with Crippen LogP contribution < -0.4 is 27.4 Å². The molecule has 0 aromatic heterocycles. The molecule has 144 valence electrons. The lowest BCUT2D eigenvalue weighted by atomic mass is 10.1. The van der Waals surface area contributed by atoms with Crippen LogP contribution in [0.3, 0.4) is 0 Å². The Kier molecular flexibility index (Phi) is 10.4. The monoisotopic (exact) mass is 359 g/mol. The van der Waals surface area contributed by atoms with Crippen molar-refractivity contribution in [2.75, 3.05) is 6.54 Å². The molecule has 0 heterocycles. The van der Waals surface area contributed by atoms with Gasteiger partial charge in [0.25, 0.3) is 0 Å². The third-order valence-corrected chi connectivity index (χ3v) is 3.47. The van der Waals surface area contributed by atoms with E-state index >= 15 is 0 Å². The average Bonchev–Trinajstić information content (AvgIpc) is 2.53. The molecule has 0 radical (unpaired) electrons. The lowest BCUT2D eigenvalue weighted by molar-refractivity contribution is -0.141. The first-order valence-corrected chi connectivity index (χ1v) is 8.19. The van der Waals surface area contributed by atoms with E-state index in [2.05, 4.69) is 16.0 Å².